The highest BCUT2D eigenvalue weighted by Gasteiger charge is 2.08. The molecule has 0 atom stereocenters. The summed E-state index contributed by atoms with van der Waals surface area (Å²) >= 11 is 12.2. The zero-order chi connectivity index (χ0) is 24.6. The molecule has 4 rings (SSSR count). The summed E-state index contributed by atoms with van der Waals surface area (Å²) in [5.74, 6) is 1.22. The number of aromatic nitrogens is 4. The van der Waals surface area contributed by atoms with Crippen LogP contribution in [0, 0.1) is 0 Å². The first kappa shape index (κ1) is 24.1. The molecule has 0 aliphatic rings. The minimum atomic E-state index is 0.310. The highest BCUT2D eigenvalue weighted by molar-refractivity contribution is 6.42. The van der Waals surface area contributed by atoms with Gasteiger partial charge in [0, 0.05) is 47.7 Å². The third kappa shape index (κ3) is 6.72. The van der Waals surface area contributed by atoms with E-state index < -0.39 is 0 Å². The van der Waals surface area contributed by atoms with Crippen LogP contribution in [0.5, 0.6) is 0 Å². The molecule has 11 heteroatoms. The lowest BCUT2D eigenvalue weighted by Gasteiger charge is -2.11. The highest BCUT2D eigenvalue weighted by Crippen LogP contribution is 2.27. The number of nitrogens with zero attached hydrogens (tertiary/aromatic N) is 6. The Labute approximate surface area is 212 Å². The molecule has 9 nitrogen and oxygen atoms in total. The number of hydrogen-bond acceptors (Lipinski definition) is 9. The van der Waals surface area contributed by atoms with Crippen LogP contribution in [-0.4, -0.2) is 31.4 Å². The highest BCUT2D eigenvalue weighted by atomic mass is 35.5. The van der Waals surface area contributed by atoms with Crippen LogP contribution in [0.25, 0.3) is 0 Å². The molecular formula is C24H21Cl2N9. The van der Waals surface area contributed by atoms with Crippen molar-refractivity contribution in [2.75, 3.05) is 16.2 Å². The van der Waals surface area contributed by atoms with Crippen molar-refractivity contribution >= 4 is 57.9 Å². The lowest BCUT2D eigenvalue weighted by atomic mass is 10.2. The lowest BCUT2D eigenvalue weighted by molar-refractivity contribution is 1.12. The smallest absolute Gasteiger partial charge is 0.231 e. The van der Waals surface area contributed by atoms with Gasteiger partial charge in [-0.15, -0.1) is 0 Å². The topological polar surface area (TPSA) is 112 Å². The largest absolute Gasteiger partial charge is 0.324 e. The Bertz CT molecular complexity index is 1280. The van der Waals surface area contributed by atoms with Crippen molar-refractivity contribution in [3.8, 4) is 0 Å². The average molecular weight is 506 g/mol. The average Bonchev–Trinajstić information content (AvgIpc) is 2.89. The number of halogens is 2. The summed E-state index contributed by atoms with van der Waals surface area (Å²) in [6.07, 6.45) is 6.85. The van der Waals surface area contributed by atoms with Crippen LogP contribution in [0.1, 0.15) is 25.0 Å². The predicted octanol–water partition coefficient (Wildman–Crippen LogP) is 5.99. The van der Waals surface area contributed by atoms with E-state index in [1.165, 1.54) is 0 Å². The zero-order valence-electron chi connectivity index (χ0n) is 18.9. The summed E-state index contributed by atoms with van der Waals surface area (Å²) in [7, 11) is 0. The van der Waals surface area contributed by atoms with Gasteiger partial charge in [-0.1, -0.05) is 23.2 Å². The van der Waals surface area contributed by atoms with Gasteiger partial charge in [0.1, 0.15) is 0 Å². The molecule has 0 aliphatic carbocycles. The van der Waals surface area contributed by atoms with Crippen molar-refractivity contribution in [3.05, 3.63) is 94.5 Å². The van der Waals surface area contributed by atoms with E-state index in [1.807, 2.05) is 38.1 Å². The molecule has 3 aromatic heterocycles. The molecule has 3 heterocycles. The van der Waals surface area contributed by atoms with E-state index in [2.05, 4.69) is 46.3 Å². The van der Waals surface area contributed by atoms with Crippen LogP contribution in [0.15, 0.2) is 83.5 Å². The van der Waals surface area contributed by atoms with Crippen LogP contribution in [0.2, 0.25) is 10.0 Å². The Morgan fingerprint density at radius 1 is 0.686 bits per heavy atom. The number of rotatable bonds is 8. The summed E-state index contributed by atoms with van der Waals surface area (Å²) in [4.78, 5) is 17.1. The van der Waals surface area contributed by atoms with Crippen molar-refractivity contribution in [1.82, 2.24) is 19.9 Å². The van der Waals surface area contributed by atoms with Crippen LogP contribution in [0.3, 0.4) is 0 Å². The maximum atomic E-state index is 6.15. The molecule has 0 bridgehead atoms. The van der Waals surface area contributed by atoms with Gasteiger partial charge < -0.3 is 5.32 Å². The van der Waals surface area contributed by atoms with E-state index in [0.29, 0.717) is 33.3 Å². The SMILES string of the molecule is CC(=NNc1cc(NN=C(C)c2ccncc2)nc(Nc2ccc(Cl)c(Cl)c2)n1)c1ccncc1. The molecule has 0 spiro atoms. The first-order valence-electron chi connectivity index (χ1n) is 10.5. The molecular weight excluding hydrogens is 485 g/mol. The van der Waals surface area contributed by atoms with Gasteiger partial charge in [0.15, 0.2) is 11.6 Å². The first-order valence-corrected chi connectivity index (χ1v) is 11.3. The molecule has 3 N–H and O–H groups in total. The Balaban J connectivity index is 1.61. The summed E-state index contributed by atoms with van der Waals surface area (Å²) in [5, 5.41) is 12.9. The van der Waals surface area contributed by atoms with Gasteiger partial charge in [-0.2, -0.15) is 20.2 Å². The second kappa shape index (κ2) is 11.4. The molecule has 0 amide bonds. The number of hydrazone groups is 2. The number of benzene rings is 1. The van der Waals surface area contributed by atoms with Gasteiger partial charge in [0.25, 0.3) is 0 Å². The van der Waals surface area contributed by atoms with Gasteiger partial charge in [0.2, 0.25) is 5.95 Å². The summed E-state index contributed by atoms with van der Waals surface area (Å²) < 4.78 is 0. The maximum absolute atomic E-state index is 6.15. The number of anilines is 4. The Morgan fingerprint density at radius 3 is 1.69 bits per heavy atom. The summed E-state index contributed by atoms with van der Waals surface area (Å²) in [6.45, 7) is 3.78. The standard InChI is InChI=1S/C24H21Cl2N9/c1-15(17-5-9-27-10-6-17)32-34-22-14-23(35-33-16(2)18-7-11-28-12-8-18)31-24(30-22)29-19-3-4-20(25)21(26)13-19/h3-14H,1-2H3,(H3,29,30,31,34,35). The van der Waals surface area contributed by atoms with Gasteiger partial charge in [0.05, 0.1) is 21.5 Å². The van der Waals surface area contributed by atoms with Gasteiger partial charge >= 0.3 is 0 Å². The van der Waals surface area contributed by atoms with Crippen molar-refractivity contribution in [1.29, 1.82) is 0 Å². The normalized spacial score (nSPS) is 11.8. The van der Waals surface area contributed by atoms with E-state index in [-0.39, 0.29) is 0 Å². The molecule has 0 aliphatic heterocycles. The fourth-order valence-electron chi connectivity index (χ4n) is 2.92. The third-order valence-electron chi connectivity index (χ3n) is 4.77. The summed E-state index contributed by atoms with van der Waals surface area (Å²) in [5.41, 5.74) is 10.1. The van der Waals surface area contributed by atoms with Gasteiger partial charge in [-0.05, 0) is 56.3 Å². The first-order chi connectivity index (χ1) is 17.0. The second-order valence-corrected chi connectivity index (χ2v) is 8.12. The molecule has 0 fully saturated rings. The molecule has 4 aromatic rings. The van der Waals surface area contributed by atoms with Crippen molar-refractivity contribution in [3.63, 3.8) is 0 Å². The third-order valence-corrected chi connectivity index (χ3v) is 5.51. The fourth-order valence-corrected chi connectivity index (χ4v) is 3.22. The van der Waals surface area contributed by atoms with E-state index in [1.54, 1.807) is 49.1 Å². The van der Waals surface area contributed by atoms with Crippen LogP contribution in [-0.2, 0) is 0 Å². The van der Waals surface area contributed by atoms with Crippen LogP contribution >= 0.6 is 23.2 Å². The van der Waals surface area contributed by atoms with Crippen LogP contribution < -0.4 is 16.2 Å². The molecule has 35 heavy (non-hydrogen) atoms. The Morgan fingerprint density at radius 2 is 1.20 bits per heavy atom. The van der Waals surface area contributed by atoms with E-state index in [0.717, 1.165) is 22.6 Å². The van der Waals surface area contributed by atoms with Crippen molar-refractivity contribution in [2.24, 2.45) is 10.2 Å². The number of pyridine rings is 2. The molecule has 176 valence electrons. The Kier molecular flexibility index (Phi) is 7.81. The number of nitrogens with one attached hydrogen (secondary N) is 3. The zero-order valence-corrected chi connectivity index (χ0v) is 20.4. The minimum Gasteiger partial charge on any atom is -0.324 e. The van der Waals surface area contributed by atoms with E-state index in [9.17, 15) is 0 Å². The molecule has 0 unspecified atom stereocenters. The van der Waals surface area contributed by atoms with Gasteiger partial charge in [-0.25, -0.2) is 0 Å². The quantitative estimate of drug-likeness (QED) is 0.199. The predicted molar refractivity (Wildman–Crippen MR) is 142 cm³/mol. The van der Waals surface area contributed by atoms with E-state index >= 15 is 0 Å². The maximum Gasteiger partial charge on any atom is 0.231 e. The molecule has 0 saturated heterocycles. The lowest BCUT2D eigenvalue weighted by Crippen LogP contribution is -2.06. The van der Waals surface area contributed by atoms with Crippen LogP contribution in [0.4, 0.5) is 23.3 Å². The molecule has 0 saturated carbocycles. The monoisotopic (exact) mass is 505 g/mol. The van der Waals surface area contributed by atoms with Crippen molar-refractivity contribution in [2.45, 2.75) is 13.8 Å². The van der Waals surface area contributed by atoms with Gasteiger partial charge in [-0.3, -0.25) is 20.8 Å². The number of hydrogen-bond donors (Lipinski definition) is 3. The van der Waals surface area contributed by atoms with E-state index in [4.69, 9.17) is 23.2 Å². The second-order valence-electron chi connectivity index (χ2n) is 7.31. The van der Waals surface area contributed by atoms with Crippen molar-refractivity contribution < 1.29 is 0 Å². The Hall–Kier alpha value is -4.08. The molecule has 1 aromatic carbocycles. The summed E-state index contributed by atoms with van der Waals surface area (Å²) in [6, 6.07) is 14.4. The minimum absolute atomic E-state index is 0.310. The fraction of sp³-hybridized carbons (Fsp3) is 0.0833. The molecule has 0 radical (unpaired) electrons.